The van der Waals surface area contributed by atoms with Gasteiger partial charge in [-0.25, -0.2) is 0 Å². The van der Waals surface area contributed by atoms with Crippen LogP contribution in [0.3, 0.4) is 0 Å². The first-order valence-corrected chi connectivity index (χ1v) is 8.70. The third-order valence-electron chi connectivity index (χ3n) is 4.27. The Kier molecular flexibility index (Phi) is 6.97. The zero-order valence-corrected chi connectivity index (χ0v) is 16.1. The Morgan fingerprint density at radius 2 is 1.56 bits per heavy atom. The summed E-state index contributed by atoms with van der Waals surface area (Å²) in [6.45, 7) is 11.4. The van der Waals surface area contributed by atoms with Crippen LogP contribution in [-0.4, -0.2) is 21.8 Å². The third-order valence-corrected chi connectivity index (χ3v) is 4.27. The van der Waals surface area contributed by atoms with Gasteiger partial charge in [0.25, 0.3) is 0 Å². The van der Waals surface area contributed by atoms with E-state index in [1.54, 1.807) is 0 Å². The van der Waals surface area contributed by atoms with Gasteiger partial charge in [0.1, 0.15) is 17.1 Å². The lowest BCUT2D eigenvalue weighted by molar-refractivity contribution is -0.128. The van der Waals surface area contributed by atoms with Crippen molar-refractivity contribution in [2.24, 2.45) is 11.3 Å². The minimum atomic E-state index is -1.23. The van der Waals surface area contributed by atoms with Crippen molar-refractivity contribution < 1.29 is 19.8 Å². The van der Waals surface area contributed by atoms with E-state index in [0.29, 0.717) is 0 Å². The van der Waals surface area contributed by atoms with E-state index < -0.39 is 17.0 Å². The van der Waals surface area contributed by atoms with Crippen LogP contribution in [0, 0.1) is 11.3 Å². The number of hydrogen-bond acceptors (Lipinski definition) is 4. The van der Waals surface area contributed by atoms with Crippen molar-refractivity contribution in [3.8, 4) is 0 Å². The number of ketones is 2. The van der Waals surface area contributed by atoms with Crippen LogP contribution < -0.4 is 0 Å². The molecule has 0 amide bonds. The number of hydrogen-bond donors (Lipinski definition) is 2. The molecule has 0 saturated carbocycles. The fourth-order valence-electron chi connectivity index (χ4n) is 2.79. The summed E-state index contributed by atoms with van der Waals surface area (Å²) in [6.07, 6.45) is 5.67. The number of carbonyl (C=O) groups excluding carboxylic acids is 2. The summed E-state index contributed by atoms with van der Waals surface area (Å²) in [5.41, 5.74) is 0.621. The number of aliphatic hydroxyl groups excluding tert-OH is 2. The van der Waals surface area contributed by atoms with E-state index in [1.165, 1.54) is 0 Å². The molecule has 0 heterocycles. The van der Waals surface area contributed by atoms with E-state index in [0.717, 1.165) is 17.2 Å². The topological polar surface area (TPSA) is 74.6 Å². The summed E-state index contributed by atoms with van der Waals surface area (Å²) in [4.78, 5) is 25.7. The lowest BCUT2D eigenvalue weighted by Gasteiger charge is -2.33. The number of carbonyl (C=O) groups is 2. The van der Waals surface area contributed by atoms with Gasteiger partial charge in [-0.1, -0.05) is 37.1 Å². The van der Waals surface area contributed by atoms with E-state index in [1.807, 2.05) is 53.7 Å². The molecule has 0 aromatic heterocycles. The second-order valence-corrected chi connectivity index (χ2v) is 7.69. The number of aliphatic hydroxyl groups is 2. The van der Waals surface area contributed by atoms with Crippen LogP contribution in [0.1, 0.15) is 60.8 Å². The van der Waals surface area contributed by atoms with Crippen molar-refractivity contribution in [3.05, 3.63) is 46.5 Å². The summed E-state index contributed by atoms with van der Waals surface area (Å²) in [6, 6.07) is 0. The first-order valence-electron chi connectivity index (χ1n) is 8.70. The Labute approximate surface area is 150 Å². The Hall–Kier alpha value is -2.10. The van der Waals surface area contributed by atoms with Crippen molar-refractivity contribution >= 4 is 11.6 Å². The quantitative estimate of drug-likeness (QED) is 0.494. The van der Waals surface area contributed by atoms with E-state index >= 15 is 0 Å². The summed E-state index contributed by atoms with van der Waals surface area (Å²) < 4.78 is 0. The number of Topliss-reactive ketones (excluding diaryl/α,β-unsaturated/α-hetero) is 2. The molecule has 0 aliphatic heterocycles. The predicted octanol–water partition coefficient (Wildman–Crippen LogP) is 5.14. The van der Waals surface area contributed by atoms with Gasteiger partial charge in [-0.2, -0.15) is 0 Å². The van der Waals surface area contributed by atoms with Gasteiger partial charge in [0.2, 0.25) is 0 Å². The van der Waals surface area contributed by atoms with Gasteiger partial charge in [-0.3, -0.25) is 9.59 Å². The van der Waals surface area contributed by atoms with Crippen LogP contribution in [-0.2, 0) is 9.59 Å². The smallest absolute Gasteiger partial charge is 0.184 e. The molecule has 4 nitrogen and oxygen atoms in total. The van der Waals surface area contributed by atoms with Crippen molar-refractivity contribution in [1.29, 1.82) is 0 Å². The molecule has 1 rings (SSSR count). The van der Waals surface area contributed by atoms with Gasteiger partial charge in [0.05, 0.1) is 5.41 Å². The van der Waals surface area contributed by atoms with Gasteiger partial charge in [-0.15, -0.1) is 0 Å². The molecular formula is C21H30O4. The molecule has 0 radical (unpaired) electrons. The summed E-state index contributed by atoms with van der Waals surface area (Å²) in [7, 11) is 0. The molecule has 4 heteroatoms. The predicted molar refractivity (Wildman–Crippen MR) is 100 cm³/mol. The highest BCUT2D eigenvalue weighted by Gasteiger charge is 2.47. The van der Waals surface area contributed by atoms with Crippen molar-refractivity contribution in [3.63, 3.8) is 0 Å². The molecule has 25 heavy (non-hydrogen) atoms. The normalized spacial score (nSPS) is 16.6. The first-order chi connectivity index (χ1) is 11.5. The zero-order chi connectivity index (χ0) is 19.4. The van der Waals surface area contributed by atoms with E-state index in [4.69, 9.17) is 0 Å². The highest BCUT2D eigenvalue weighted by Crippen LogP contribution is 2.43. The van der Waals surface area contributed by atoms with Gasteiger partial charge in [0, 0.05) is 12.5 Å². The summed E-state index contributed by atoms with van der Waals surface area (Å²) in [5.74, 6) is -1.42. The summed E-state index contributed by atoms with van der Waals surface area (Å²) >= 11 is 0. The SMILES string of the molecule is CC(C)=CCC1(CC=C(C)C)C(=O)C(C(=O)CC(C)C)=C(O)C=C1O. The fraction of sp³-hybridized carbons (Fsp3) is 0.524. The standard InChI is InChI=1S/C21H30O4/c1-13(2)7-9-21(10-8-14(3)4)18(24)12-17(23)19(20(21)25)16(22)11-15(5)6/h7-8,12,15,23-24H,9-11H2,1-6H3. The largest absolute Gasteiger partial charge is 0.511 e. The van der Waals surface area contributed by atoms with E-state index in [2.05, 4.69) is 0 Å². The Balaban J connectivity index is 3.45. The third kappa shape index (κ3) is 4.94. The molecule has 0 aromatic rings. The van der Waals surface area contributed by atoms with E-state index in [9.17, 15) is 19.8 Å². The zero-order valence-electron chi connectivity index (χ0n) is 16.1. The molecule has 0 fully saturated rings. The molecule has 0 atom stereocenters. The van der Waals surface area contributed by atoms with Gasteiger partial charge >= 0.3 is 0 Å². The number of rotatable bonds is 7. The molecule has 0 saturated heterocycles. The maximum Gasteiger partial charge on any atom is 0.184 e. The highest BCUT2D eigenvalue weighted by atomic mass is 16.3. The second kappa shape index (κ2) is 8.32. The van der Waals surface area contributed by atoms with Crippen molar-refractivity contribution in [2.45, 2.75) is 60.8 Å². The van der Waals surface area contributed by atoms with Gasteiger partial charge < -0.3 is 10.2 Å². The fourth-order valence-corrected chi connectivity index (χ4v) is 2.79. The summed E-state index contributed by atoms with van der Waals surface area (Å²) in [5, 5.41) is 20.7. The average Bonchev–Trinajstić information content (AvgIpc) is 2.45. The van der Waals surface area contributed by atoms with Crippen LogP contribution in [0.5, 0.6) is 0 Å². The first kappa shape index (κ1) is 20.9. The molecular weight excluding hydrogens is 316 g/mol. The maximum atomic E-state index is 13.2. The molecule has 0 aromatic carbocycles. The second-order valence-electron chi connectivity index (χ2n) is 7.69. The number of allylic oxidation sites excluding steroid dienone is 7. The average molecular weight is 346 g/mol. The maximum absolute atomic E-state index is 13.2. The lowest BCUT2D eigenvalue weighted by Crippen LogP contribution is -2.39. The Morgan fingerprint density at radius 1 is 1.08 bits per heavy atom. The van der Waals surface area contributed by atoms with Crippen molar-refractivity contribution in [1.82, 2.24) is 0 Å². The highest BCUT2D eigenvalue weighted by molar-refractivity contribution is 6.24. The molecule has 1 aliphatic rings. The lowest BCUT2D eigenvalue weighted by atomic mass is 9.68. The Morgan fingerprint density at radius 3 is 1.96 bits per heavy atom. The minimum absolute atomic E-state index is 0.0741. The van der Waals surface area contributed by atoms with Crippen LogP contribution in [0.15, 0.2) is 46.5 Å². The monoisotopic (exact) mass is 346 g/mol. The van der Waals surface area contributed by atoms with Crippen LogP contribution in [0.4, 0.5) is 0 Å². The molecule has 138 valence electrons. The van der Waals surface area contributed by atoms with Crippen LogP contribution in [0.2, 0.25) is 0 Å². The molecule has 2 N–H and O–H groups in total. The van der Waals surface area contributed by atoms with E-state index in [-0.39, 0.29) is 42.3 Å². The minimum Gasteiger partial charge on any atom is -0.511 e. The Bertz CT molecular complexity index is 644. The molecule has 0 unspecified atom stereocenters. The van der Waals surface area contributed by atoms with Crippen LogP contribution >= 0.6 is 0 Å². The van der Waals surface area contributed by atoms with Gasteiger partial charge in [-0.05, 0) is 46.5 Å². The van der Waals surface area contributed by atoms with Crippen molar-refractivity contribution in [2.75, 3.05) is 0 Å². The molecule has 0 spiro atoms. The molecule has 1 aliphatic carbocycles. The van der Waals surface area contributed by atoms with Gasteiger partial charge in [0.15, 0.2) is 11.6 Å². The molecule has 0 bridgehead atoms. The van der Waals surface area contributed by atoms with Crippen LogP contribution in [0.25, 0.3) is 0 Å².